The molecule has 2 aromatic rings. The predicted octanol–water partition coefficient (Wildman–Crippen LogP) is 3.85. The SMILES string of the molecule is COc1cc2c(cc1/C=C(\C#N)c1nc(C)cs1)OC(C)C2. The summed E-state index contributed by atoms with van der Waals surface area (Å²) in [5.41, 5.74) is 3.42. The molecule has 0 saturated carbocycles. The Kier molecular flexibility index (Phi) is 3.86. The average Bonchev–Trinajstić information content (AvgIpc) is 3.08. The van der Waals surface area contributed by atoms with E-state index in [0.717, 1.165) is 39.7 Å². The highest BCUT2D eigenvalue weighted by Crippen LogP contribution is 2.36. The number of nitriles is 1. The molecule has 112 valence electrons. The second-order valence-corrected chi connectivity index (χ2v) is 6.16. The Hall–Kier alpha value is -2.32. The smallest absolute Gasteiger partial charge is 0.134 e. The molecule has 0 radical (unpaired) electrons. The van der Waals surface area contributed by atoms with Gasteiger partial charge in [-0.15, -0.1) is 11.3 Å². The quantitative estimate of drug-likeness (QED) is 0.808. The minimum absolute atomic E-state index is 0.177. The lowest BCUT2D eigenvalue weighted by Gasteiger charge is -2.08. The number of methoxy groups -OCH3 is 1. The van der Waals surface area contributed by atoms with Crippen molar-refractivity contribution in [1.82, 2.24) is 4.98 Å². The van der Waals surface area contributed by atoms with Crippen molar-refractivity contribution in [3.63, 3.8) is 0 Å². The van der Waals surface area contributed by atoms with Crippen LogP contribution in [0, 0.1) is 18.3 Å². The molecule has 1 aliphatic rings. The zero-order valence-corrected chi connectivity index (χ0v) is 13.5. The number of hydrogen-bond acceptors (Lipinski definition) is 5. The number of nitrogens with zero attached hydrogens (tertiary/aromatic N) is 2. The summed E-state index contributed by atoms with van der Waals surface area (Å²) in [5.74, 6) is 1.62. The van der Waals surface area contributed by atoms with E-state index < -0.39 is 0 Å². The van der Waals surface area contributed by atoms with E-state index in [4.69, 9.17) is 9.47 Å². The Morgan fingerprint density at radius 1 is 1.55 bits per heavy atom. The minimum Gasteiger partial charge on any atom is -0.496 e. The number of aromatic nitrogens is 1. The molecule has 2 heterocycles. The van der Waals surface area contributed by atoms with E-state index in [1.807, 2.05) is 37.4 Å². The fraction of sp³-hybridized carbons (Fsp3) is 0.294. The van der Waals surface area contributed by atoms with Crippen LogP contribution in [0.4, 0.5) is 0 Å². The van der Waals surface area contributed by atoms with Crippen molar-refractivity contribution in [2.45, 2.75) is 26.4 Å². The normalized spacial score (nSPS) is 16.8. The Morgan fingerprint density at radius 3 is 3.00 bits per heavy atom. The molecule has 0 bridgehead atoms. The summed E-state index contributed by atoms with van der Waals surface area (Å²) in [6, 6.07) is 6.15. The van der Waals surface area contributed by atoms with Gasteiger partial charge in [0.25, 0.3) is 0 Å². The first-order chi connectivity index (χ1) is 10.6. The van der Waals surface area contributed by atoms with Crippen LogP contribution < -0.4 is 9.47 Å². The second kappa shape index (κ2) is 5.82. The van der Waals surface area contributed by atoms with E-state index in [1.54, 1.807) is 7.11 Å². The Balaban J connectivity index is 2.06. The van der Waals surface area contributed by atoms with Crippen LogP contribution >= 0.6 is 11.3 Å². The van der Waals surface area contributed by atoms with Crippen molar-refractivity contribution < 1.29 is 9.47 Å². The minimum atomic E-state index is 0.177. The maximum atomic E-state index is 9.43. The number of aryl methyl sites for hydroxylation is 1. The Bertz CT molecular complexity index is 786. The molecular weight excluding hydrogens is 296 g/mol. The highest BCUT2D eigenvalue weighted by Gasteiger charge is 2.21. The lowest BCUT2D eigenvalue weighted by atomic mass is 10.0. The molecule has 1 unspecified atom stereocenters. The van der Waals surface area contributed by atoms with Gasteiger partial charge in [-0.1, -0.05) is 0 Å². The zero-order valence-electron chi connectivity index (χ0n) is 12.7. The molecule has 5 heteroatoms. The van der Waals surface area contributed by atoms with Gasteiger partial charge in [-0.25, -0.2) is 4.98 Å². The molecule has 4 nitrogen and oxygen atoms in total. The van der Waals surface area contributed by atoms with Gasteiger partial charge in [-0.2, -0.15) is 5.26 Å². The summed E-state index contributed by atoms with van der Waals surface area (Å²) in [7, 11) is 1.64. The lowest BCUT2D eigenvalue weighted by Crippen LogP contribution is -2.05. The molecule has 0 spiro atoms. The molecule has 0 fully saturated rings. The highest BCUT2D eigenvalue weighted by molar-refractivity contribution is 7.11. The van der Waals surface area contributed by atoms with Crippen molar-refractivity contribution in [3.05, 3.63) is 39.3 Å². The van der Waals surface area contributed by atoms with Crippen LogP contribution in [0.5, 0.6) is 11.5 Å². The molecule has 0 amide bonds. The molecule has 1 atom stereocenters. The van der Waals surface area contributed by atoms with Gasteiger partial charge in [0.05, 0.1) is 12.7 Å². The van der Waals surface area contributed by atoms with E-state index in [0.29, 0.717) is 5.57 Å². The molecule has 1 aromatic carbocycles. The number of thiazole rings is 1. The lowest BCUT2D eigenvalue weighted by molar-refractivity contribution is 0.254. The van der Waals surface area contributed by atoms with E-state index in [2.05, 4.69) is 11.1 Å². The van der Waals surface area contributed by atoms with Crippen molar-refractivity contribution in [2.24, 2.45) is 0 Å². The second-order valence-electron chi connectivity index (χ2n) is 5.30. The van der Waals surface area contributed by atoms with E-state index in [-0.39, 0.29) is 6.10 Å². The van der Waals surface area contributed by atoms with Crippen molar-refractivity contribution in [3.8, 4) is 17.6 Å². The standard InChI is InChI=1S/C17H16N2O2S/c1-10-9-22-17(19-10)14(8-18)5-13-7-16-12(4-11(2)21-16)6-15(13)20-3/h5-7,9,11H,4H2,1-3H3/b14-5+. The fourth-order valence-corrected chi connectivity index (χ4v) is 3.28. The third kappa shape index (κ3) is 2.70. The summed E-state index contributed by atoms with van der Waals surface area (Å²) in [4.78, 5) is 4.37. The number of fused-ring (bicyclic) bond motifs is 1. The third-order valence-corrected chi connectivity index (χ3v) is 4.51. The van der Waals surface area contributed by atoms with E-state index in [9.17, 15) is 5.26 Å². The first-order valence-corrected chi connectivity index (χ1v) is 7.90. The topological polar surface area (TPSA) is 55.1 Å². The van der Waals surface area contributed by atoms with E-state index >= 15 is 0 Å². The summed E-state index contributed by atoms with van der Waals surface area (Å²) in [6.45, 7) is 3.96. The first kappa shape index (κ1) is 14.6. The van der Waals surface area contributed by atoms with Gasteiger partial charge in [0.2, 0.25) is 0 Å². The van der Waals surface area contributed by atoms with Gasteiger partial charge in [-0.3, -0.25) is 0 Å². The van der Waals surface area contributed by atoms with Crippen molar-refractivity contribution >= 4 is 23.0 Å². The van der Waals surface area contributed by atoms with Crippen LogP contribution in [0.15, 0.2) is 17.5 Å². The highest BCUT2D eigenvalue weighted by atomic mass is 32.1. The largest absolute Gasteiger partial charge is 0.496 e. The number of hydrogen-bond donors (Lipinski definition) is 0. The van der Waals surface area contributed by atoms with Crippen LogP contribution in [-0.4, -0.2) is 18.2 Å². The fourth-order valence-electron chi connectivity index (χ4n) is 2.52. The number of benzene rings is 1. The van der Waals surface area contributed by atoms with Gasteiger partial charge in [0, 0.05) is 28.6 Å². The molecule has 0 N–H and O–H groups in total. The van der Waals surface area contributed by atoms with Crippen LogP contribution in [0.1, 0.15) is 28.8 Å². The van der Waals surface area contributed by atoms with Crippen LogP contribution in [-0.2, 0) is 6.42 Å². The zero-order chi connectivity index (χ0) is 15.7. The molecule has 1 aliphatic heterocycles. The number of rotatable bonds is 3. The number of allylic oxidation sites excluding steroid dienone is 1. The van der Waals surface area contributed by atoms with E-state index in [1.165, 1.54) is 11.3 Å². The van der Waals surface area contributed by atoms with Crippen LogP contribution in [0.3, 0.4) is 0 Å². The molecule has 3 rings (SSSR count). The van der Waals surface area contributed by atoms with Gasteiger partial charge in [0.15, 0.2) is 0 Å². The molecule has 22 heavy (non-hydrogen) atoms. The van der Waals surface area contributed by atoms with Crippen LogP contribution in [0.25, 0.3) is 11.6 Å². The van der Waals surface area contributed by atoms with Gasteiger partial charge in [-0.05, 0) is 32.1 Å². The van der Waals surface area contributed by atoms with Gasteiger partial charge >= 0.3 is 0 Å². The third-order valence-electron chi connectivity index (χ3n) is 3.52. The average molecular weight is 312 g/mol. The van der Waals surface area contributed by atoms with Gasteiger partial charge < -0.3 is 9.47 Å². The Labute approximate surface area is 133 Å². The summed E-state index contributed by atoms with van der Waals surface area (Å²) in [6.07, 6.45) is 2.87. The first-order valence-electron chi connectivity index (χ1n) is 7.02. The molecule has 0 aliphatic carbocycles. The van der Waals surface area contributed by atoms with Crippen molar-refractivity contribution in [2.75, 3.05) is 7.11 Å². The van der Waals surface area contributed by atoms with Crippen LogP contribution in [0.2, 0.25) is 0 Å². The predicted molar refractivity (Wildman–Crippen MR) is 87.1 cm³/mol. The molecule has 0 saturated heterocycles. The summed E-state index contributed by atoms with van der Waals surface area (Å²) >= 11 is 1.47. The Morgan fingerprint density at radius 2 is 2.36 bits per heavy atom. The van der Waals surface area contributed by atoms with Crippen molar-refractivity contribution in [1.29, 1.82) is 5.26 Å². The maximum absolute atomic E-state index is 9.43. The van der Waals surface area contributed by atoms with Gasteiger partial charge in [0.1, 0.15) is 28.7 Å². The molecular formula is C17H16N2O2S. The molecule has 1 aromatic heterocycles. The number of ether oxygens (including phenoxy) is 2. The summed E-state index contributed by atoms with van der Waals surface area (Å²) in [5, 5.41) is 12.1. The maximum Gasteiger partial charge on any atom is 0.134 e. The monoisotopic (exact) mass is 312 g/mol. The summed E-state index contributed by atoms with van der Waals surface area (Å²) < 4.78 is 11.3.